The Morgan fingerprint density at radius 3 is 2.60 bits per heavy atom. The number of carbonyl (C=O) groups is 2. The van der Waals surface area contributed by atoms with E-state index in [1.165, 1.54) is 24.3 Å². The number of ether oxygens (including phenoxy) is 1. The van der Waals surface area contributed by atoms with Crippen LogP contribution < -0.4 is 10.1 Å². The van der Waals surface area contributed by atoms with E-state index in [2.05, 4.69) is 11.2 Å². The second-order valence-electron chi connectivity index (χ2n) is 3.92. The predicted molar refractivity (Wildman–Crippen MR) is 69.5 cm³/mol. The smallest absolute Gasteiger partial charge is 0.327 e. The molecule has 0 spiro atoms. The number of rotatable bonds is 7. The number of hydrogen-bond donors (Lipinski definition) is 2. The number of aliphatic carboxylic acids is 1. The van der Waals surface area contributed by atoms with Crippen LogP contribution in [0.5, 0.6) is 5.75 Å². The molecule has 0 saturated heterocycles. The normalized spacial score (nSPS) is 11.2. The summed E-state index contributed by atoms with van der Waals surface area (Å²) < 4.78 is 17.9. The van der Waals surface area contributed by atoms with Gasteiger partial charge in [-0.1, -0.05) is 0 Å². The third-order valence-electron chi connectivity index (χ3n) is 2.37. The average Bonchev–Trinajstić information content (AvgIpc) is 2.40. The molecule has 20 heavy (non-hydrogen) atoms. The molecule has 1 amide bonds. The van der Waals surface area contributed by atoms with Crippen LogP contribution in [0, 0.1) is 18.2 Å². The molecule has 1 aromatic rings. The summed E-state index contributed by atoms with van der Waals surface area (Å²) in [6, 6.07) is 4.25. The Morgan fingerprint density at radius 2 is 2.05 bits per heavy atom. The van der Waals surface area contributed by atoms with E-state index in [9.17, 15) is 14.0 Å². The van der Waals surface area contributed by atoms with Gasteiger partial charge in [0, 0.05) is 6.42 Å². The maximum absolute atomic E-state index is 12.6. The zero-order valence-electron chi connectivity index (χ0n) is 10.6. The van der Waals surface area contributed by atoms with Crippen molar-refractivity contribution in [2.24, 2.45) is 0 Å². The summed E-state index contributed by atoms with van der Waals surface area (Å²) in [6.45, 7) is 0.0554. The highest BCUT2D eigenvalue weighted by Crippen LogP contribution is 2.11. The van der Waals surface area contributed by atoms with Crippen LogP contribution in [-0.4, -0.2) is 29.6 Å². The molecule has 1 unspecified atom stereocenters. The van der Waals surface area contributed by atoms with Gasteiger partial charge < -0.3 is 15.2 Å². The summed E-state index contributed by atoms with van der Waals surface area (Å²) in [5, 5.41) is 11.1. The molecule has 0 bridgehead atoms. The highest BCUT2D eigenvalue weighted by atomic mass is 19.1. The standard InChI is InChI=1S/C14H14FNO4/c1-2-3-12(14(18)19)16-13(17)8-9-20-11-6-4-10(15)5-7-11/h1,4-7,12H,3,8-9H2,(H,16,17)(H,18,19). The number of carbonyl (C=O) groups excluding carboxylic acids is 1. The molecule has 5 nitrogen and oxygen atoms in total. The Kier molecular flexibility index (Phi) is 6.04. The van der Waals surface area contributed by atoms with Gasteiger partial charge in [-0.3, -0.25) is 4.79 Å². The third-order valence-corrected chi connectivity index (χ3v) is 2.37. The van der Waals surface area contributed by atoms with E-state index in [0.717, 1.165) is 0 Å². The maximum Gasteiger partial charge on any atom is 0.327 e. The third kappa shape index (κ3) is 5.40. The first-order valence-electron chi connectivity index (χ1n) is 5.87. The van der Waals surface area contributed by atoms with E-state index in [4.69, 9.17) is 16.3 Å². The molecule has 1 aromatic carbocycles. The molecule has 106 valence electrons. The quantitative estimate of drug-likeness (QED) is 0.735. The van der Waals surface area contributed by atoms with Crippen molar-refractivity contribution < 1.29 is 23.8 Å². The van der Waals surface area contributed by atoms with E-state index in [-0.39, 0.29) is 25.3 Å². The number of carboxylic acid groups (broad SMARTS) is 1. The lowest BCUT2D eigenvalue weighted by atomic mass is 10.2. The second kappa shape index (κ2) is 7.79. The number of nitrogens with one attached hydrogen (secondary N) is 1. The van der Waals surface area contributed by atoms with Crippen molar-refractivity contribution in [3.63, 3.8) is 0 Å². The van der Waals surface area contributed by atoms with Crippen LogP contribution in [-0.2, 0) is 9.59 Å². The second-order valence-corrected chi connectivity index (χ2v) is 3.92. The molecular formula is C14H14FNO4. The Hall–Kier alpha value is -2.55. The monoisotopic (exact) mass is 279 g/mol. The van der Waals surface area contributed by atoms with Gasteiger partial charge in [-0.25, -0.2) is 9.18 Å². The van der Waals surface area contributed by atoms with Crippen LogP contribution in [0.2, 0.25) is 0 Å². The van der Waals surface area contributed by atoms with Gasteiger partial charge in [0.15, 0.2) is 0 Å². The Morgan fingerprint density at radius 1 is 1.40 bits per heavy atom. The summed E-state index contributed by atoms with van der Waals surface area (Å²) in [5.41, 5.74) is 0. The van der Waals surface area contributed by atoms with E-state index < -0.39 is 17.9 Å². The number of hydrogen-bond acceptors (Lipinski definition) is 3. The first-order chi connectivity index (χ1) is 9.52. The molecule has 0 fully saturated rings. The maximum atomic E-state index is 12.6. The number of carboxylic acids is 1. The summed E-state index contributed by atoms with van der Waals surface area (Å²) in [4.78, 5) is 22.3. The summed E-state index contributed by atoms with van der Waals surface area (Å²) in [6.07, 6.45) is 4.91. The minimum absolute atomic E-state index is 0.0221. The lowest BCUT2D eigenvalue weighted by Gasteiger charge is -2.12. The van der Waals surface area contributed by atoms with Crippen molar-refractivity contribution in [2.45, 2.75) is 18.9 Å². The largest absolute Gasteiger partial charge is 0.493 e. The Bertz CT molecular complexity index is 507. The SMILES string of the molecule is C#CCC(NC(=O)CCOc1ccc(F)cc1)C(=O)O. The first kappa shape index (κ1) is 15.5. The summed E-state index contributed by atoms with van der Waals surface area (Å²) >= 11 is 0. The minimum Gasteiger partial charge on any atom is -0.493 e. The fourth-order valence-electron chi connectivity index (χ4n) is 1.38. The van der Waals surface area contributed by atoms with Crippen LogP contribution in [0.15, 0.2) is 24.3 Å². The molecule has 6 heteroatoms. The van der Waals surface area contributed by atoms with Gasteiger partial charge in [-0.05, 0) is 24.3 Å². The van der Waals surface area contributed by atoms with Crippen molar-refractivity contribution in [3.05, 3.63) is 30.1 Å². The summed E-state index contributed by atoms with van der Waals surface area (Å²) in [5.74, 6) is 0.565. The number of terminal acetylenes is 1. The number of amides is 1. The van der Waals surface area contributed by atoms with Gasteiger partial charge >= 0.3 is 5.97 Å². The first-order valence-corrected chi connectivity index (χ1v) is 5.87. The van der Waals surface area contributed by atoms with Gasteiger partial charge in [-0.15, -0.1) is 12.3 Å². The van der Waals surface area contributed by atoms with Gasteiger partial charge in [0.2, 0.25) is 5.91 Å². The van der Waals surface area contributed by atoms with Crippen molar-refractivity contribution in [2.75, 3.05) is 6.61 Å². The molecule has 0 aliphatic carbocycles. The molecule has 2 N–H and O–H groups in total. The van der Waals surface area contributed by atoms with Crippen LogP contribution in [0.1, 0.15) is 12.8 Å². The Balaban J connectivity index is 2.34. The lowest BCUT2D eigenvalue weighted by Crippen LogP contribution is -2.40. The Labute approximate surface area is 115 Å². The molecule has 0 radical (unpaired) electrons. The fourth-order valence-corrected chi connectivity index (χ4v) is 1.38. The van der Waals surface area contributed by atoms with E-state index in [1.807, 2.05) is 0 Å². The van der Waals surface area contributed by atoms with Crippen molar-refractivity contribution in [3.8, 4) is 18.1 Å². The van der Waals surface area contributed by atoms with Crippen LogP contribution in [0.25, 0.3) is 0 Å². The van der Waals surface area contributed by atoms with Crippen LogP contribution >= 0.6 is 0 Å². The van der Waals surface area contributed by atoms with Crippen LogP contribution in [0.4, 0.5) is 4.39 Å². The average molecular weight is 279 g/mol. The van der Waals surface area contributed by atoms with Crippen molar-refractivity contribution >= 4 is 11.9 Å². The van der Waals surface area contributed by atoms with Gasteiger partial charge in [0.05, 0.1) is 13.0 Å². The topological polar surface area (TPSA) is 75.6 Å². The van der Waals surface area contributed by atoms with Crippen molar-refractivity contribution in [1.29, 1.82) is 0 Å². The molecule has 0 aliphatic heterocycles. The fraction of sp³-hybridized carbons (Fsp3) is 0.286. The van der Waals surface area contributed by atoms with E-state index in [1.54, 1.807) is 0 Å². The zero-order chi connectivity index (χ0) is 15.0. The molecule has 0 aromatic heterocycles. The predicted octanol–water partition coefficient (Wildman–Crippen LogP) is 1.19. The molecular weight excluding hydrogens is 265 g/mol. The number of halogens is 1. The molecule has 1 rings (SSSR count). The summed E-state index contributed by atoms with van der Waals surface area (Å²) in [7, 11) is 0. The molecule has 0 saturated carbocycles. The highest BCUT2D eigenvalue weighted by molar-refractivity contribution is 5.83. The van der Waals surface area contributed by atoms with E-state index in [0.29, 0.717) is 5.75 Å². The van der Waals surface area contributed by atoms with Crippen LogP contribution in [0.3, 0.4) is 0 Å². The lowest BCUT2D eigenvalue weighted by molar-refractivity contribution is -0.141. The van der Waals surface area contributed by atoms with Gasteiger partial charge in [0.25, 0.3) is 0 Å². The highest BCUT2D eigenvalue weighted by Gasteiger charge is 2.18. The van der Waals surface area contributed by atoms with Gasteiger partial charge in [-0.2, -0.15) is 0 Å². The van der Waals surface area contributed by atoms with E-state index >= 15 is 0 Å². The molecule has 1 atom stereocenters. The zero-order valence-corrected chi connectivity index (χ0v) is 10.6. The molecule has 0 aliphatic rings. The minimum atomic E-state index is -1.18. The molecule has 0 heterocycles. The van der Waals surface area contributed by atoms with Crippen molar-refractivity contribution in [1.82, 2.24) is 5.32 Å². The number of benzene rings is 1. The van der Waals surface area contributed by atoms with Gasteiger partial charge in [0.1, 0.15) is 17.6 Å².